The molecule has 3 N–H and O–H groups in total. The molecule has 1 aromatic rings. The van der Waals surface area contributed by atoms with Crippen molar-refractivity contribution in [3.63, 3.8) is 0 Å². The van der Waals surface area contributed by atoms with Crippen molar-refractivity contribution < 1.29 is 14.7 Å². The van der Waals surface area contributed by atoms with E-state index in [0.717, 1.165) is 29.7 Å². The summed E-state index contributed by atoms with van der Waals surface area (Å²) in [6.45, 7) is 2.48. The van der Waals surface area contributed by atoms with Crippen molar-refractivity contribution in [1.82, 2.24) is 4.90 Å². The van der Waals surface area contributed by atoms with Crippen LogP contribution in [-0.4, -0.2) is 34.5 Å². The molecule has 0 fully saturated rings. The van der Waals surface area contributed by atoms with E-state index in [9.17, 15) is 14.7 Å². The van der Waals surface area contributed by atoms with E-state index in [-0.39, 0.29) is 18.4 Å². The van der Waals surface area contributed by atoms with Crippen molar-refractivity contribution in [2.24, 2.45) is 5.73 Å². The number of carboxylic acids is 1. The highest BCUT2D eigenvalue weighted by molar-refractivity contribution is 7.10. The first kappa shape index (κ1) is 15.0. The van der Waals surface area contributed by atoms with Gasteiger partial charge >= 0.3 is 5.97 Å². The number of aliphatic carboxylic acids is 1. The summed E-state index contributed by atoms with van der Waals surface area (Å²) in [4.78, 5) is 26.4. The van der Waals surface area contributed by atoms with Gasteiger partial charge in [0.2, 0.25) is 5.91 Å². The van der Waals surface area contributed by atoms with Gasteiger partial charge in [0.15, 0.2) is 6.04 Å². The topological polar surface area (TPSA) is 83.6 Å². The minimum atomic E-state index is -0.971. The van der Waals surface area contributed by atoms with Crippen molar-refractivity contribution in [2.75, 3.05) is 6.54 Å². The molecule has 20 heavy (non-hydrogen) atoms. The van der Waals surface area contributed by atoms with E-state index in [2.05, 4.69) is 0 Å². The van der Waals surface area contributed by atoms with Crippen LogP contribution in [0.3, 0.4) is 0 Å². The standard InChI is InChI=1S/C14H20N2O3S/c1-2-3-9(15)8-12(17)16-6-4-11-10(5-7-20-11)13(16)14(18)19/h5,7,9,13H,2-4,6,8,15H2,1H3,(H,18,19). The SMILES string of the molecule is CCCC(N)CC(=O)N1CCc2sccc2C1C(=O)O. The Bertz CT molecular complexity index is 500. The summed E-state index contributed by atoms with van der Waals surface area (Å²) in [6.07, 6.45) is 2.65. The zero-order valence-electron chi connectivity index (χ0n) is 11.5. The maximum absolute atomic E-state index is 12.3. The quantitative estimate of drug-likeness (QED) is 0.867. The fourth-order valence-corrected chi connectivity index (χ4v) is 3.57. The Morgan fingerprint density at radius 1 is 1.60 bits per heavy atom. The molecule has 0 bridgehead atoms. The molecule has 5 nitrogen and oxygen atoms in total. The highest BCUT2D eigenvalue weighted by atomic mass is 32.1. The van der Waals surface area contributed by atoms with Crippen LogP contribution in [0.4, 0.5) is 0 Å². The second kappa shape index (κ2) is 6.37. The Balaban J connectivity index is 2.15. The minimum Gasteiger partial charge on any atom is -0.479 e. The summed E-state index contributed by atoms with van der Waals surface area (Å²) in [5, 5.41) is 11.3. The number of carbonyl (C=O) groups is 2. The van der Waals surface area contributed by atoms with Crippen LogP contribution in [0.15, 0.2) is 11.4 Å². The molecule has 1 aromatic heterocycles. The molecule has 110 valence electrons. The van der Waals surface area contributed by atoms with Gasteiger partial charge in [-0.05, 0) is 29.9 Å². The summed E-state index contributed by atoms with van der Waals surface area (Å²) >= 11 is 1.56. The van der Waals surface area contributed by atoms with Gasteiger partial charge in [0.1, 0.15) is 0 Å². The van der Waals surface area contributed by atoms with E-state index in [4.69, 9.17) is 5.73 Å². The second-order valence-electron chi connectivity index (χ2n) is 5.13. The fraction of sp³-hybridized carbons (Fsp3) is 0.571. The predicted molar refractivity (Wildman–Crippen MR) is 77.6 cm³/mol. The summed E-state index contributed by atoms with van der Waals surface area (Å²) in [7, 11) is 0. The number of carbonyl (C=O) groups excluding carboxylic acids is 1. The Morgan fingerprint density at radius 3 is 3.00 bits per heavy atom. The van der Waals surface area contributed by atoms with Crippen LogP contribution in [0.1, 0.15) is 42.7 Å². The van der Waals surface area contributed by atoms with Gasteiger partial charge in [-0.25, -0.2) is 4.79 Å². The van der Waals surface area contributed by atoms with Crippen LogP contribution < -0.4 is 5.73 Å². The lowest BCUT2D eigenvalue weighted by Crippen LogP contribution is -2.44. The lowest BCUT2D eigenvalue weighted by molar-refractivity contribution is -0.151. The second-order valence-corrected chi connectivity index (χ2v) is 6.13. The molecule has 0 aromatic carbocycles. The molecule has 1 aliphatic heterocycles. The number of amides is 1. The number of nitrogens with two attached hydrogens (primary N) is 1. The van der Waals surface area contributed by atoms with Crippen LogP contribution in [0.5, 0.6) is 0 Å². The Kier molecular flexibility index (Phi) is 4.77. The molecule has 2 rings (SSSR count). The van der Waals surface area contributed by atoms with E-state index in [1.165, 1.54) is 4.90 Å². The fourth-order valence-electron chi connectivity index (χ4n) is 2.67. The lowest BCUT2D eigenvalue weighted by Gasteiger charge is -2.33. The molecular weight excluding hydrogens is 276 g/mol. The van der Waals surface area contributed by atoms with Crippen molar-refractivity contribution in [3.8, 4) is 0 Å². The van der Waals surface area contributed by atoms with E-state index in [0.29, 0.717) is 6.54 Å². The first-order valence-corrected chi connectivity index (χ1v) is 7.76. The van der Waals surface area contributed by atoms with Gasteiger partial charge in [0.25, 0.3) is 0 Å². The molecule has 2 heterocycles. The normalized spacial score (nSPS) is 19.5. The molecule has 2 atom stereocenters. The summed E-state index contributed by atoms with van der Waals surface area (Å²) in [5.74, 6) is -1.13. The molecule has 2 unspecified atom stereocenters. The molecule has 6 heteroatoms. The van der Waals surface area contributed by atoms with Crippen molar-refractivity contribution in [1.29, 1.82) is 0 Å². The van der Waals surface area contributed by atoms with Crippen LogP contribution >= 0.6 is 11.3 Å². The summed E-state index contributed by atoms with van der Waals surface area (Å²) < 4.78 is 0. The molecule has 0 saturated carbocycles. The van der Waals surface area contributed by atoms with Crippen molar-refractivity contribution in [3.05, 3.63) is 21.9 Å². The van der Waals surface area contributed by atoms with Crippen LogP contribution in [0.2, 0.25) is 0 Å². The highest BCUT2D eigenvalue weighted by Gasteiger charge is 2.36. The Hall–Kier alpha value is -1.40. The number of rotatable bonds is 5. The first-order valence-electron chi connectivity index (χ1n) is 6.88. The summed E-state index contributed by atoms with van der Waals surface area (Å²) in [6, 6.07) is 0.765. The average molecular weight is 296 g/mol. The Labute approximate surface area is 122 Å². The number of carboxylic acid groups (broad SMARTS) is 1. The first-order chi connectivity index (χ1) is 9.54. The van der Waals surface area contributed by atoms with Gasteiger partial charge in [-0.3, -0.25) is 4.79 Å². The lowest BCUT2D eigenvalue weighted by atomic mass is 9.98. The molecule has 0 spiro atoms. The van der Waals surface area contributed by atoms with Crippen LogP contribution in [-0.2, 0) is 16.0 Å². The van der Waals surface area contributed by atoms with Gasteiger partial charge in [-0.1, -0.05) is 13.3 Å². The number of hydrogen-bond donors (Lipinski definition) is 2. The minimum absolute atomic E-state index is 0.157. The molecule has 1 aliphatic rings. The third-order valence-corrected chi connectivity index (χ3v) is 4.61. The largest absolute Gasteiger partial charge is 0.479 e. The number of hydrogen-bond acceptors (Lipinski definition) is 4. The van der Waals surface area contributed by atoms with E-state index < -0.39 is 12.0 Å². The predicted octanol–water partition coefficient (Wildman–Crippen LogP) is 1.78. The van der Waals surface area contributed by atoms with Crippen molar-refractivity contribution in [2.45, 2.75) is 44.7 Å². The molecular formula is C14H20N2O3S. The monoisotopic (exact) mass is 296 g/mol. The van der Waals surface area contributed by atoms with E-state index in [1.54, 1.807) is 11.3 Å². The third kappa shape index (κ3) is 3.02. The molecule has 1 amide bonds. The van der Waals surface area contributed by atoms with Gasteiger partial charge in [-0.15, -0.1) is 11.3 Å². The molecule has 0 aliphatic carbocycles. The smallest absolute Gasteiger partial charge is 0.331 e. The van der Waals surface area contributed by atoms with Crippen LogP contribution in [0.25, 0.3) is 0 Å². The van der Waals surface area contributed by atoms with E-state index >= 15 is 0 Å². The highest BCUT2D eigenvalue weighted by Crippen LogP contribution is 2.33. The Morgan fingerprint density at radius 2 is 2.35 bits per heavy atom. The zero-order chi connectivity index (χ0) is 14.7. The molecule has 0 saturated heterocycles. The number of fused-ring (bicyclic) bond motifs is 1. The third-order valence-electron chi connectivity index (χ3n) is 3.62. The maximum atomic E-state index is 12.3. The zero-order valence-corrected chi connectivity index (χ0v) is 12.4. The average Bonchev–Trinajstić information content (AvgIpc) is 2.85. The van der Waals surface area contributed by atoms with Crippen molar-refractivity contribution >= 4 is 23.2 Å². The molecule has 0 radical (unpaired) electrons. The van der Waals surface area contributed by atoms with Gasteiger partial charge in [0.05, 0.1) is 0 Å². The van der Waals surface area contributed by atoms with Gasteiger partial charge in [-0.2, -0.15) is 0 Å². The van der Waals surface area contributed by atoms with Crippen LogP contribution in [0, 0.1) is 0 Å². The maximum Gasteiger partial charge on any atom is 0.331 e. The number of thiophene rings is 1. The van der Waals surface area contributed by atoms with Gasteiger partial charge in [0, 0.05) is 23.9 Å². The number of nitrogens with zero attached hydrogens (tertiary/aromatic N) is 1. The van der Waals surface area contributed by atoms with Gasteiger partial charge < -0.3 is 15.7 Å². The van der Waals surface area contributed by atoms with E-state index in [1.807, 2.05) is 18.4 Å². The summed E-state index contributed by atoms with van der Waals surface area (Å²) in [5.41, 5.74) is 6.65.